The molecule has 1 unspecified atom stereocenters. The molecule has 0 aliphatic carbocycles. The highest BCUT2D eigenvalue weighted by molar-refractivity contribution is 5.76. The van der Waals surface area contributed by atoms with Gasteiger partial charge in [-0.1, -0.05) is 70.9 Å². The van der Waals surface area contributed by atoms with Crippen LogP contribution >= 0.6 is 0 Å². The fourth-order valence-electron chi connectivity index (χ4n) is 2.62. The highest BCUT2D eigenvalue weighted by Crippen LogP contribution is 2.37. The van der Waals surface area contributed by atoms with Crippen LogP contribution in [0.5, 0.6) is 0 Å². The summed E-state index contributed by atoms with van der Waals surface area (Å²) in [6.07, 6.45) is 3.14. The molecule has 1 aromatic rings. The summed E-state index contributed by atoms with van der Waals surface area (Å²) in [5.41, 5.74) is 0.644. The van der Waals surface area contributed by atoms with Crippen LogP contribution in [-0.2, 0) is 16.1 Å². The lowest BCUT2D eigenvalue weighted by Crippen LogP contribution is -2.36. The second-order valence-electron chi connectivity index (χ2n) is 6.52. The van der Waals surface area contributed by atoms with Crippen molar-refractivity contribution in [1.29, 1.82) is 0 Å². The first kappa shape index (κ1) is 17.7. The van der Waals surface area contributed by atoms with Gasteiger partial charge in [-0.3, -0.25) is 4.79 Å². The second kappa shape index (κ2) is 8.21. The lowest BCUT2D eigenvalue weighted by molar-refractivity contribution is -0.160. The summed E-state index contributed by atoms with van der Waals surface area (Å²) in [4.78, 5) is 12.6. The lowest BCUT2D eigenvalue weighted by atomic mass is 9.71. The maximum Gasteiger partial charge on any atom is 0.312 e. The summed E-state index contributed by atoms with van der Waals surface area (Å²) in [7, 11) is 0. The molecule has 0 amide bonds. The average molecular weight is 290 g/mol. The number of carbonyl (C=O) groups excluding carboxylic acids is 1. The van der Waals surface area contributed by atoms with Gasteiger partial charge in [0.25, 0.3) is 0 Å². The van der Waals surface area contributed by atoms with E-state index in [9.17, 15) is 4.79 Å². The van der Waals surface area contributed by atoms with E-state index in [0.717, 1.165) is 24.8 Å². The van der Waals surface area contributed by atoms with Gasteiger partial charge < -0.3 is 4.74 Å². The van der Waals surface area contributed by atoms with Crippen LogP contribution in [0, 0.1) is 17.3 Å². The van der Waals surface area contributed by atoms with E-state index in [2.05, 4.69) is 34.6 Å². The van der Waals surface area contributed by atoms with Crippen molar-refractivity contribution in [2.75, 3.05) is 0 Å². The van der Waals surface area contributed by atoms with Crippen molar-refractivity contribution in [3.63, 3.8) is 0 Å². The first-order valence-corrected chi connectivity index (χ1v) is 8.15. The summed E-state index contributed by atoms with van der Waals surface area (Å²) in [5, 5.41) is 0. The van der Waals surface area contributed by atoms with Crippen LogP contribution < -0.4 is 0 Å². The van der Waals surface area contributed by atoms with Gasteiger partial charge in [0.15, 0.2) is 0 Å². The molecule has 118 valence electrons. The van der Waals surface area contributed by atoms with Crippen molar-refractivity contribution < 1.29 is 9.53 Å². The minimum absolute atomic E-state index is 0.0618. The highest BCUT2D eigenvalue weighted by Gasteiger charge is 2.39. The fourth-order valence-corrected chi connectivity index (χ4v) is 2.62. The molecule has 21 heavy (non-hydrogen) atoms. The van der Waals surface area contributed by atoms with Gasteiger partial charge in [0.05, 0.1) is 5.41 Å². The third-order valence-electron chi connectivity index (χ3n) is 4.82. The van der Waals surface area contributed by atoms with Gasteiger partial charge in [-0.05, 0) is 30.7 Å². The summed E-state index contributed by atoms with van der Waals surface area (Å²) >= 11 is 0. The number of rotatable bonds is 8. The predicted octanol–water partition coefficient (Wildman–Crippen LogP) is 5.22. The molecule has 2 nitrogen and oxygen atoms in total. The molecule has 0 saturated heterocycles. The Morgan fingerprint density at radius 2 is 1.71 bits per heavy atom. The number of carbonyl (C=O) groups is 1. The van der Waals surface area contributed by atoms with Crippen LogP contribution in [0.1, 0.15) is 59.4 Å². The van der Waals surface area contributed by atoms with Crippen LogP contribution in [0.25, 0.3) is 0 Å². The SMILES string of the molecule is CCC(CC)CC(C)(C(=O)OCc1ccccc1)C(C)C. The van der Waals surface area contributed by atoms with Gasteiger partial charge in [-0.25, -0.2) is 0 Å². The van der Waals surface area contributed by atoms with Gasteiger partial charge in [-0.15, -0.1) is 0 Å². The molecule has 0 fully saturated rings. The quantitative estimate of drug-likeness (QED) is 0.614. The van der Waals surface area contributed by atoms with Crippen LogP contribution in [-0.4, -0.2) is 5.97 Å². The fraction of sp³-hybridized carbons (Fsp3) is 0.632. The van der Waals surface area contributed by atoms with Gasteiger partial charge in [-0.2, -0.15) is 0 Å². The molecule has 0 spiro atoms. The number of esters is 1. The van der Waals surface area contributed by atoms with Gasteiger partial charge in [0.1, 0.15) is 6.61 Å². The summed E-state index contributed by atoms with van der Waals surface area (Å²) in [6.45, 7) is 11.1. The maximum absolute atomic E-state index is 12.6. The Bertz CT molecular complexity index is 420. The van der Waals surface area contributed by atoms with Crippen LogP contribution in [0.3, 0.4) is 0 Å². The Morgan fingerprint density at radius 1 is 1.14 bits per heavy atom. The van der Waals surface area contributed by atoms with E-state index in [1.807, 2.05) is 30.3 Å². The number of benzene rings is 1. The zero-order valence-corrected chi connectivity index (χ0v) is 14.2. The van der Waals surface area contributed by atoms with Crippen molar-refractivity contribution in [2.45, 2.75) is 60.5 Å². The Kier molecular flexibility index (Phi) is 6.94. The average Bonchev–Trinajstić information content (AvgIpc) is 2.50. The first-order chi connectivity index (χ1) is 9.93. The van der Waals surface area contributed by atoms with Crippen molar-refractivity contribution >= 4 is 5.97 Å². The van der Waals surface area contributed by atoms with Gasteiger partial charge >= 0.3 is 5.97 Å². The molecule has 0 aliphatic heterocycles. The third-order valence-corrected chi connectivity index (χ3v) is 4.82. The molecule has 1 rings (SSSR count). The van der Waals surface area contributed by atoms with Gasteiger partial charge in [0.2, 0.25) is 0 Å². The normalized spacial score (nSPS) is 14.2. The van der Waals surface area contributed by atoms with E-state index >= 15 is 0 Å². The van der Waals surface area contributed by atoms with Crippen molar-refractivity contribution in [3.05, 3.63) is 35.9 Å². The number of hydrogen-bond acceptors (Lipinski definition) is 2. The maximum atomic E-state index is 12.6. The molecule has 0 bridgehead atoms. The van der Waals surface area contributed by atoms with E-state index in [-0.39, 0.29) is 11.9 Å². The largest absolute Gasteiger partial charge is 0.460 e. The molecular formula is C19H30O2. The Labute approximate surface area is 129 Å². The van der Waals surface area contributed by atoms with E-state index in [1.54, 1.807) is 0 Å². The molecule has 0 heterocycles. The minimum Gasteiger partial charge on any atom is -0.460 e. The molecule has 1 atom stereocenters. The molecule has 2 heteroatoms. The standard InChI is InChI=1S/C19H30O2/c1-6-16(7-2)13-19(5,15(3)4)18(20)21-14-17-11-9-8-10-12-17/h8-12,15-16H,6-7,13-14H2,1-5H3. The van der Waals surface area contributed by atoms with E-state index in [0.29, 0.717) is 12.5 Å². The molecule has 0 aromatic heterocycles. The number of hydrogen-bond donors (Lipinski definition) is 0. The zero-order chi connectivity index (χ0) is 15.9. The molecular weight excluding hydrogens is 260 g/mol. The molecule has 0 saturated carbocycles. The first-order valence-electron chi connectivity index (χ1n) is 8.15. The summed E-state index contributed by atoms with van der Waals surface area (Å²) in [6, 6.07) is 9.88. The Hall–Kier alpha value is -1.31. The van der Waals surface area contributed by atoms with Crippen molar-refractivity contribution in [2.24, 2.45) is 17.3 Å². The van der Waals surface area contributed by atoms with E-state index in [1.165, 1.54) is 0 Å². The minimum atomic E-state index is -0.397. The summed E-state index contributed by atoms with van der Waals surface area (Å²) < 4.78 is 5.61. The zero-order valence-electron chi connectivity index (χ0n) is 14.2. The lowest BCUT2D eigenvalue weighted by Gasteiger charge is -2.34. The van der Waals surface area contributed by atoms with E-state index < -0.39 is 5.41 Å². The van der Waals surface area contributed by atoms with Crippen LogP contribution in [0.2, 0.25) is 0 Å². The van der Waals surface area contributed by atoms with Crippen molar-refractivity contribution in [1.82, 2.24) is 0 Å². The topological polar surface area (TPSA) is 26.3 Å². The van der Waals surface area contributed by atoms with Crippen LogP contribution in [0.15, 0.2) is 30.3 Å². The Balaban J connectivity index is 2.72. The molecule has 0 radical (unpaired) electrons. The Morgan fingerprint density at radius 3 is 2.19 bits per heavy atom. The molecule has 1 aromatic carbocycles. The molecule has 0 aliphatic rings. The molecule has 0 N–H and O–H groups in total. The smallest absolute Gasteiger partial charge is 0.312 e. The third kappa shape index (κ3) is 4.87. The highest BCUT2D eigenvalue weighted by atomic mass is 16.5. The monoisotopic (exact) mass is 290 g/mol. The van der Waals surface area contributed by atoms with Crippen molar-refractivity contribution in [3.8, 4) is 0 Å². The second-order valence-corrected chi connectivity index (χ2v) is 6.52. The van der Waals surface area contributed by atoms with E-state index in [4.69, 9.17) is 4.74 Å². The summed E-state index contributed by atoms with van der Waals surface area (Å²) in [5.74, 6) is 0.802. The van der Waals surface area contributed by atoms with Gasteiger partial charge in [0, 0.05) is 0 Å². The predicted molar refractivity (Wildman–Crippen MR) is 87.9 cm³/mol. The number of ether oxygens (including phenoxy) is 1. The van der Waals surface area contributed by atoms with Crippen LogP contribution in [0.4, 0.5) is 0 Å².